The first-order valence-corrected chi connectivity index (χ1v) is 15.2. The minimum absolute atomic E-state index is 0.0246. The number of ketones is 1. The number of aryl methyl sites for hydroxylation is 1. The van der Waals surface area contributed by atoms with Crippen LogP contribution in [0.3, 0.4) is 0 Å². The molecule has 0 N–H and O–H groups in total. The summed E-state index contributed by atoms with van der Waals surface area (Å²) in [4.78, 5) is 55.1. The normalized spacial score (nSPS) is 12.8. The van der Waals surface area contributed by atoms with E-state index in [2.05, 4.69) is 6.07 Å². The molecular formula is C32H40FN3O7S. The Morgan fingerprint density at radius 1 is 1.16 bits per heavy atom. The lowest BCUT2D eigenvalue weighted by molar-refractivity contribution is -0.127. The molecule has 3 rings (SSSR count). The zero-order valence-electron chi connectivity index (χ0n) is 26.7. The summed E-state index contributed by atoms with van der Waals surface area (Å²) in [6.07, 6.45) is -0.911. The maximum atomic E-state index is 14.6. The van der Waals surface area contributed by atoms with Gasteiger partial charge in [-0.1, -0.05) is 13.8 Å². The summed E-state index contributed by atoms with van der Waals surface area (Å²) in [5, 5.41) is 9.70. The lowest BCUT2D eigenvalue weighted by Crippen LogP contribution is -2.53. The number of nitriles is 1. The van der Waals surface area contributed by atoms with E-state index in [-0.39, 0.29) is 64.3 Å². The number of fused-ring (bicyclic) bond motifs is 1. The number of benzene rings is 1. The Bertz CT molecular complexity index is 1730. The molecule has 0 fully saturated rings. The minimum atomic E-state index is -1.54. The first-order chi connectivity index (χ1) is 20.5. The molecule has 2 aromatic heterocycles. The number of Topliss-reactive ketones (excluding diaryl/α,β-unsaturated/α-hetero) is 1. The van der Waals surface area contributed by atoms with Crippen molar-refractivity contribution in [2.75, 3.05) is 20.3 Å². The van der Waals surface area contributed by atoms with Gasteiger partial charge in [0, 0.05) is 12.0 Å². The first kappa shape index (κ1) is 34.7. The highest BCUT2D eigenvalue weighted by molar-refractivity contribution is 7.20. The summed E-state index contributed by atoms with van der Waals surface area (Å²) in [6, 6.07) is 6.04. The van der Waals surface area contributed by atoms with E-state index < -0.39 is 40.1 Å². The number of halogens is 1. The molecule has 0 saturated heterocycles. The zero-order chi connectivity index (χ0) is 33.1. The van der Waals surface area contributed by atoms with E-state index in [9.17, 15) is 28.8 Å². The molecule has 0 bridgehead atoms. The van der Waals surface area contributed by atoms with Crippen molar-refractivity contribution < 1.29 is 28.2 Å². The third-order valence-corrected chi connectivity index (χ3v) is 8.64. The Balaban J connectivity index is 2.41. The fraction of sp³-hybridized carbons (Fsp3) is 0.531. The molecule has 0 aliphatic carbocycles. The van der Waals surface area contributed by atoms with Gasteiger partial charge in [-0.25, -0.2) is 18.5 Å². The van der Waals surface area contributed by atoms with Crippen molar-refractivity contribution in [3.05, 3.63) is 60.9 Å². The van der Waals surface area contributed by atoms with E-state index in [1.165, 1.54) is 43.7 Å². The third-order valence-electron chi connectivity index (χ3n) is 7.34. The SMILES string of the molecule is CCOC(=O)c1sc2c(c1C)c(=O)n(C(C)(C)C(=O)CC(C)C)c(=O)n2C[C@H](OCC(C)(C)C#N)c1cc(F)ccc1OC. The van der Waals surface area contributed by atoms with E-state index >= 15 is 0 Å². The van der Waals surface area contributed by atoms with Crippen LogP contribution < -0.4 is 16.0 Å². The number of carbonyl (C=O) groups excluding carboxylic acids is 2. The van der Waals surface area contributed by atoms with Crippen LogP contribution >= 0.6 is 11.3 Å². The van der Waals surface area contributed by atoms with Gasteiger partial charge in [0.05, 0.1) is 43.7 Å². The van der Waals surface area contributed by atoms with Crippen LogP contribution in [0.5, 0.6) is 5.75 Å². The molecule has 0 aliphatic heterocycles. The van der Waals surface area contributed by atoms with Crippen LogP contribution in [0, 0.1) is 35.4 Å². The largest absolute Gasteiger partial charge is 0.496 e. The summed E-state index contributed by atoms with van der Waals surface area (Å²) in [7, 11) is 1.41. The van der Waals surface area contributed by atoms with E-state index in [4.69, 9.17) is 14.2 Å². The van der Waals surface area contributed by atoms with Crippen LogP contribution in [0.4, 0.5) is 4.39 Å². The average Bonchev–Trinajstić information content (AvgIpc) is 3.29. The molecule has 1 atom stereocenters. The van der Waals surface area contributed by atoms with Gasteiger partial charge in [-0.15, -0.1) is 11.3 Å². The molecule has 44 heavy (non-hydrogen) atoms. The Hall–Kier alpha value is -3.82. The van der Waals surface area contributed by atoms with Gasteiger partial charge in [0.15, 0.2) is 5.78 Å². The van der Waals surface area contributed by atoms with Gasteiger partial charge in [-0.2, -0.15) is 5.26 Å². The molecule has 0 spiro atoms. The van der Waals surface area contributed by atoms with Crippen LogP contribution in [0.1, 0.15) is 81.8 Å². The Morgan fingerprint density at radius 2 is 1.82 bits per heavy atom. The predicted octanol–water partition coefficient (Wildman–Crippen LogP) is 5.52. The second-order valence-corrected chi connectivity index (χ2v) is 13.3. The van der Waals surface area contributed by atoms with Gasteiger partial charge in [-0.3, -0.25) is 14.2 Å². The highest BCUT2D eigenvalue weighted by Crippen LogP contribution is 2.34. The zero-order valence-corrected chi connectivity index (χ0v) is 27.5. The van der Waals surface area contributed by atoms with Crippen molar-refractivity contribution >= 4 is 33.3 Å². The number of rotatable bonds is 13. The Morgan fingerprint density at radius 3 is 2.39 bits per heavy atom. The lowest BCUT2D eigenvalue weighted by Gasteiger charge is -2.29. The van der Waals surface area contributed by atoms with E-state index in [0.717, 1.165) is 15.9 Å². The fourth-order valence-corrected chi connectivity index (χ4v) is 6.04. The highest BCUT2D eigenvalue weighted by atomic mass is 32.1. The Kier molecular flexibility index (Phi) is 10.6. The van der Waals surface area contributed by atoms with Crippen LogP contribution in [0.2, 0.25) is 0 Å². The number of esters is 1. The van der Waals surface area contributed by atoms with Gasteiger partial charge in [0.2, 0.25) is 0 Å². The number of aromatic nitrogens is 2. The molecular weight excluding hydrogens is 589 g/mol. The van der Waals surface area contributed by atoms with Crippen LogP contribution in [0.15, 0.2) is 27.8 Å². The number of hydrogen-bond donors (Lipinski definition) is 0. The maximum Gasteiger partial charge on any atom is 0.348 e. The average molecular weight is 630 g/mol. The number of carbonyl (C=O) groups is 2. The topological polar surface area (TPSA) is 130 Å². The molecule has 0 aliphatic rings. The number of ether oxygens (including phenoxy) is 3. The monoisotopic (exact) mass is 629 g/mol. The van der Waals surface area contributed by atoms with Crippen LogP contribution in [0.25, 0.3) is 10.2 Å². The van der Waals surface area contributed by atoms with Gasteiger partial charge in [-0.05, 0) is 71.2 Å². The lowest BCUT2D eigenvalue weighted by atomic mass is 9.91. The van der Waals surface area contributed by atoms with Crippen LogP contribution in [-0.4, -0.2) is 41.2 Å². The minimum Gasteiger partial charge on any atom is -0.496 e. The van der Waals surface area contributed by atoms with Crippen molar-refractivity contribution in [1.82, 2.24) is 9.13 Å². The summed E-state index contributed by atoms with van der Waals surface area (Å²) in [6.45, 7) is 13.1. The first-order valence-electron chi connectivity index (χ1n) is 14.4. The summed E-state index contributed by atoms with van der Waals surface area (Å²) in [5.74, 6) is -1.28. The van der Waals surface area contributed by atoms with Crippen molar-refractivity contribution in [2.24, 2.45) is 11.3 Å². The molecule has 238 valence electrons. The van der Waals surface area contributed by atoms with E-state index in [1.807, 2.05) is 13.8 Å². The molecule has 0 saturated carbocycles. The van der Waals surface area contributed by atoms with Gasteiger partial charge < -0.3 is 14.2 Å². The molecule has 0 radical (unpaired) electrons. The molecule has 0 unspecified atom stereocenters. The standard InChI is InChI=1S/C32H40FN3O7S/c1-10-42-29(39)26-19(4)25-27(38)36(32(7,8)24(37)13-18(2)3)30(40)35(28(25)44-26)15-23(43-17-31(5,6)16-34)21-14-20(33)11-12-22(21)41-9/h11-12,14,18,23H,10,13,15,17H2,1-9H3/t23-/m0/s1. The van der Waals surface area contributed by atoms with Crippen molar-refractivity contribution in [2.45, 2.75) is 80.0 Å². The number of thiophene rings is 1. The maximum absolute atomic E-state index is 14.6. The summed E-state index contributed by atoms with van der Waals surface area (Å²) >= 11 is 0.921. The Labute approximate surface area is 260 Å². The summed E-state index contributed by atoms with van der Waals surface area (Å²) < 4.78 is 33.7. The van der Waals surface area contributed by atoms with E-state index in [1.54, 1.807) is 27.7 Å². The van der Waals surface area contributed by atoms with Gasteiger partial charge >= 0.3 is 11.7 Å². The van der Waals surface area contributed by atoms with Gasteiger partial charge in [0.25, 0.3) is 5.56 Å². The summed E-state index contributed by atoms with van der Waals surface area (Å²) in [5.41, 5.74) is -3.39. The number of hydrogen-bond acceptors (Lipinski definition) is 9. The molecule has 0 amide bonds. The quantitative estimate of drug-likeness (QED) is 0.226. The predicted molar refractivity (Wildman–Crippen MR) is 166 cm³/mol. The fourth-order valence-electron chi connectivity index (χ4n) is 4.84. The van der Waals surface area contributed by atoms with Crippen molar-refractivity contribution in [3.63, 3.8) is 0 Å². The van der Waals surface area contributed by atoms with E-state index in [0.29, 0.717) is 5.56 Å². The van der Waals surface area contributed by atoms with Gasteiger partial charge in [0.1, 0.15) is 32.9 Å². The highest BCUT2D eigenvalue weighted by Gasteiger charge is 2.36. The number of methoxy groups -OCH3 is 1. The van der Waals surface area contributed by atoms with Crippen molar-refractivity contribution in [1.29, 1.82) is 5.26 Å². The molecule has 12 heteroatoms. The molecule has 2 heterocycles. The third kappa shape index (κ3) is 6.94. The molecule has 10 nitrogen and oxygen atoms in total. The molecule has 3 aromatic rings. The smallest absolute Gasteiger partial charge is 0.348 e. The second-order valence-electron chi connectivity index (χ2n) is 12.3. The molecule has 1 aromatic carbocycles. The second kappa shape index (κ2) is 13.4. The number of nitrogens with zero attached hydrogens (tertiary/aromatic N) is 3. The van der Waals surface area contributed by atoms with Crippen molar-refractivity contribution in [3.8, 4) is 11.8 Å². The van der Waals surface area contributed by atoms with Crippen LogP contribution in [-0.2, 0) is 26.4 Å².